The number of rotatable bonds is 4. The Labute approximate surface area is 116 Å². The van der Waals surface area contributed by atoms with Crippen LogP contribution in [0.4, 0.5) is 0 Å². The zero-order valence-corrected chi connectivity index (χ0v) is 11.7. The molecule has 0 nitrogen and oxygen atoms in total. The highest BCUT2D eigenvalue weighted by Crippen LogP contribution is 2.37. The molecular weight excluding hydrogens is 247 g/mol. The summed E-state index contributed by atoms with van der Waals surface area (Å²) in [6.07, 6.45) is 10.1. The SMILES string of the molecule is C1=CC(CP(c2ccccc2)c2ccccc2)C=C1. The van der Waals surface area contributed by atoms with Crippen LogP contribution in [0.1, 0.15) is 0 Å². The molecule has 0 aromatic heterocycles. The standard InChI is InChI=1S/C18H17P/c1-3-11-17(12-4-1)19(15-16-9-7-8-10-16)18-13-5-2-6-14-18/h1-14,16H,15H2. The molecule has 3 rings (SSSR count). The largest absolute Gasteiger partial charge is 0.0773 e. The van der Waals surface area contributed by atoms with Crippen molar-refractivity contribution in [3.8, 4) is 0 Å². The molecular formula is C18H17P. The van der Waals surface area contributed by atoms with E-state index < -0.39 is 0 Å². The van der Waals surface area contributed by atoms with Gasteiger partial charge in [-0.3, -0.25) is 0 Å². The van der Waals surface area contributed by atoms with Gasteiger partial charge in [0.05, 0.1) is 0 Å². The smallest absolute Gasteiger partial charge is 0.000197 e. The quantitative estimate of drug-likeness (QED) is 0.736. The van der Waals surface area contributed by atoms with E-state index in [1.807, 2.05) is 0 Å². The second-order valence-electron chi connectivity index (χ2n) is 4.72. The van der Waals surface area contributed by atoms with Gasteiger partial charge in [0, 0.05) is 0 Å². The molecule has 0 amide bonds. The highest BCUT2D eigenvalue weighted by Gasteiger charge is 2.17. The van der Waals surface area contributed by atoms with E-state index in [9.17, 15) is 0 Å². The van der Waals surface area contributed by atoms with E-state index in [1.165, 1.54) is 16.8 Å². The van der Waals surface area contributed by atoms with Crippen LogP contribution >= 0.6 is 7.92 Å². The lowest BCUT2D eigenvalue weighted by Crippen LogP contribution is -2.16. The van der Waals surface area contributed by atoms with Gasteiger partial charge in [-0.25, -0.2) is 0 Å². The second kappa shape index (κ2) is 5.99. The maximum atomic E-state index is 2.31. The molecule has 0 fully saturated rings. The summed E-state index contributed by atoms with van der Waals surface area (Å²) in [7, 11) is -0.264. The predicted octanol–water partition coefficient (Wildman–Crippen LogP) is 3.86. The van der Waals surface area contributed by atoms with Crippen LogP contribution in [-0.2, 0) is 0 Å². The van der Waals surface area contributed by atoms with Crippen LogP contribution in [0.3, 0.4) is 0 Å². The molecule has 0 aliphatic heterocycles. The fourth-order valence-electron chi connectivity index (χ4n) is 2.39. The van der Waals surface area contributed by atoms with Gasteiger partial charge < -0.3 is 0 Å². The third kappa shape index (κ3) is 3.03. The highest BCUT2D eigenvalue weighted by atomic mass is 31.1. The van der Waals surface area contributed by atoms with E-state index in [1.54, 1.807) is 0 Å². The second-order valence-corrected chi connectivity index (χ2v) is 6.97. The third-order valence-electron chi connectivity index (χ3n) is 3.36. The van der Waals surface area contributed by atoms with Crippen LogP contribution in [0.25, 0.3) is 0 Å². The molecule has 94 valence electrons. The Morgan fingerprint density at radius 2 is 1.16 bits per heavy atom. The van der Waals surface area contributed by atoms with Crippen molar-refractivity contribution in [2.45, 2.75) is 0 Å². The first-order valence-electron chi connectivity index (χ1n) is 6.66. The van der Waals surface area contributed by atoms with E-state index in [0.29, 0.717) is 5.92 Å². The summed E-state index contributed by atoms with van der Waals surface area (Å²) in [4.78, 5) is 0. The Balaban J connectivity index is 1.91. The Bertz CT molecular complexity index is 518. The lowest BCUT2D eigenvalue weighted by molar-refractivity contribution is 0.971. The fraction of sp³-hybridized carbons (Fsp3) is 0.111. The van der Waals surface area contributed by atoms with Crippen molar-refractivity contribution in [3.05, 3.63) is 85.0 Å². The Kier molecular flexibility index (Phi) is 3.91. The van der Waals surface area contributed by atoms with E-state index in [-0.39, 0.29) is 7.92 Å². The summed E-state index contributed by atoms with van der Waals surface area (Å²) >= 11 is 0. The number of hydrogen-bond donors (Lipinski definition) is 0. The molecule has 0 atom stereocenters. The van der Waals surface area contributed by atoms with Crippen molar-refractivity contribution in [2.75, 3.05) is 6.16 Å². The highest BCUT2D eigenvalue weighted by molar-refractivity contribution is 7.73. The lowest BCUT2D eigenvalue weighted by Gasteiger charge is -2.20. The van der Waals surface area contributed by atoms with Gasteiger partial charge in [0.15, 0.2) is 0 Å². The number of hydrogen-bond acceptors (Lipinski definition) is 0. The first-order chi connectivity index (χ1) is 9.43. The van der Waals surface area contributed by atoms with Crippen molar-refractivity contribution in [3.63, 3.8) is 0 Å². The van der Waals surface area contributed by atoms with Crippen LogP contribution in [0.2, 0.25) is 0 Å². The lowest BCUT2D eigenvalue weighted by atomic mass is 10.2. The first-order valence-corrected chi connectivity index (χ1v) is 8.19. The molecule has 1 heteroatoms. The van der Waals surface area contributed by atoms with E-state index >= 15 is 0 Å². The van der Waals surface area contributed by atoms with E-state index in [4.69, 9.17) is 0 Å². The zero-order valence-electron chi connectivity index (χ0n) is 10.8. The van der Waals surface area contributed by atoms with Gasteiger partial charge in [0.2, 0.25) is 0 Å². The Morgan fingerprint density at radius 1 is 0.684 bits per heavy atom. The minimum Gasteiger partial charge on any atom is -0.0773 e. The number of allylic oxidation sites excluding steroid dienone is 4. The molecule has 0 spiro atoms. The molecule has 0 radical (unpaired) electrons. The average Bonchev–Trinajstić information content (AvgIpc) is 3.00. The van der Waals surface area contributed by atoms with Crippen molar-refractivity contribution in [2.24, 2.45) is 5.92 Å². The van der Waals surface area contributed by atoms with Crippen LogP contribution < -0.4 is 10.6 Å². The van der Waals surface area contributed by atoms with Crippen molar-refractivity contribution in [1.29, 1.82) is 0 Å². The maximum absolute atomic E-state index is 2.31. The summed E-state index contributed by atoms with van der Waals surface area (Å²) in [5.74, 6) is 0.589. The molecule has 0 N–H and O–H groups in total. The fourth-order valence-corrected chi connectivity index (χ4v) is 4.84. The molecule has 1 aliphatic rings. The molecule has 0 saturated carbocycles. The first kappa shape index (κ1) is 12.4. The summed E-state index contributed by atoms with van der Waals surface area (Å²) < 4.78 is 0. The Morgan fingerprint density at radius 3 is 1.63 bits per heavy atom. The van der Waals surface area contributed by atoms with Gasteiger partial charge in [-0.2, -0.15) is 0 Å². The monoisotopic (exact) mass is 264 g/mol. The van der Waals surface area contributed by atoms with Crippen molar-refractivity contribution in [1.82, 2.24) is 0 Å². The van der Waals surface area contributed by atoms with Crippen molar-refractivity contribution >= 4 is 18.5 Å². The summed E-state index contributed by atoms with van der Waals surface area (Å²) in [6, 6.07) is 21.8. The molecule has 19 heavy (non-hydrogen) atoms. The van der Waals surface area contributed by atoms with Gasteiger partial charge >= 0.3 is 0 Å². The van der Waals surface area contributed by atoms with E-state index in [2.05, 4.69) is 85.0 Å². The van der Waals surface area contributed by atoms with Gasteiger partial charge in [0.1, 0.15) is 0 Å². The average molecular weight is 264 g/mol. The van der Waals surface area contributed by atoms with Crippen LogP contribution in [0.15, 0.2) is 85.0 Å². The van der Waals surface area contributed by atoms with Crippen LogP contribution in [0, 0.1) is 5.92 Å². The third-order valence-corrected chi connectivity index (χ3v) is 5.99. The van der Waals surface area contributed by atoms with Gasteiger partial charge in [-0.1, -0.05) is 85.0 Å². The van der Waals surface area contributed by atoms with Gasteiger partial charge in [0.25, 0.3) is 0 Å². The van der Waals surface area contributed by atoms with Crippen molar-refractivity contribution < 1.29 is 0 Å². The van der Waals surface area contributed by atoms with Gasteiger partial charge in [-0.05, 0) is 30.6 Å². The Hall–Kier alpha value is -1.65. The molecule has 2 aromatic carbocycles. The molecule has 0 heterocycles. The zero-order chi connectivity index (χ0) is 12.9. The molecule has 0 unspecified atom stereocenters. The topological polar surface area (TPSA) is 0 Å². The predicted molar refractivity (Wildman–Crippen MR) is 85.7 cm³/mol. The molecule has 0 bridgehead atoms. The minimum atomic E-state index is -0.264. The molecule has 0 saturated heterocycles. The van der Waals surface area contributed by atoms with Crippen LogP contribution in [-0.4, -0.2) is 6.16 Å². The van der Waals surface area contributed by atoms with Gasteiger partial charge in [-0.15, -0.1) is 0 Å². The van der Waals surface area contributed by atoms with Crippen LogP contribution in [0.5, 0.6) is 0 Å². The number of benzene rings is 2. The van der Waals surface area contributed by atoms with E-state index in [0.717, 1.165) is 0 Å². The normalized spacial score (nSPS) is 14.4. The summed E-state index contributed by atoms with van der Waals surface area (Å²) in [5.41, 5.74) is 0. The summed E-state index contributed by atoms with van der Waals surface area (Å²) in [6.45, 7) is 0. The molecule has 2 aromatic rings. The molecule has 1 aliphatic carbocycles. The minimum absolute atomic E-state index is 0.264. The maximum Gasteiger partial charge on any atom is -0.000197 e. The summed E-state index contributed by atoms with van der Waals surface area (Å²) in [5, 5.41) is 2.94.